The second-order valence-corrected chi connectivity index (χ2v) is 7.59. The van der Waals surface area contributed by atoms with Gasteiger partial charge in [0.25, 0.3) is 0 Å². The molecule has 1 heterocycles. The van der Waals surface area contributed by atoms with Crippen molar-refractivity contribution in [3.8, 4) is 0 Å². The summed E-state index contributed by atoms with van der Waals surface area (Å²) in [5, 5.41) is 0.574. The van der Waals surface area contributed by atoms with Gasteiger partial charge < -0.3 is 9.15 Å². The monoisotopic (exact) mass is 509 g/mol. The van der Waals surface area contributed by atoms with E-state index >= 15 is 0 Å². The molecule has 0 unspecified atom stereocenters. The molecule has 0 aliphatic carbocycles. The fraction of sp³-hybridized carbons (Fsp3) is 0.250. The molecule has 3 rings (SSSR count). The van der Waals surface area contributed by atoms with Gasteiger partial charge in [-0.1, -0.05) is 15.9 Å². The van der Waals surface area contributed by atoms with Crippen LogP contribution in [0, 0.1) is 6.92 Å². The number of ether oxygens (including phenoxy) is 1. The lowest BCUT2D eigenvalue weighted by Crippen LogP contribution is -2.27. The number of anilines is 1. The average Bonchev–Trinajstić information content (AvgIpc) is 2.98. The van der Waals surface area contributed by atoms with Gasteiger partial charge in [0, 0.05) is 16.9 Å². The van der Waals surface area contributed by atoms with Gasteiger partial charge in [-0.2, -0.15) is 26.3 Å². The molecule has 1 aromatic heterocycles. The van der Waals surface area contributed by atoms with Gasteiger partial charge in [0.15, 0.2) is 0 Å². The molecule has 0 spiro atoms. The standard InChI is InChI=1S/C20H14BrF6NO3/c1-10-17(15-8-14(21)3-4-16(15)31-10)28(2)18(29)30-9-11-5-12(19(22,23)24)7-13(6-11)20(25,26)27/h3-8H,9H2,1-2H3. The van der Waals surface area contributed by atoms with E-state index in [1.54, 1.807) is 25.1 Å². The molecule has 0 saturated heterocycles. The van der Waals surface area contributed by atoms with Crippen LogP contribution in [-0.2, 0) is 23.7 Å². The lowest BCUT2D eigenvalue weighted by atomic mass is 10.1. The van der Waals surface area contributed by atoms with Gasteiger partial charge >= 0.3 is 18.4 Å². The first-order valence-corrected chi connectivity index (χ1v) is 9.44. The number of carbonyl (C=O) groups excluding carboxylic acids is 1. The van der Waals surface area contributed by atoms with Gasteiger partial charge in [-0.05, 0) is 48.9 Å². The first-order valence-electron chi connectivity index (χ1n) is 8.65. The van der Waals surface area contributed by atoms with Crippen molar-refractivity contribution in [3.05, 3.63) is 63.3 Å². The highest BCUT2D eigenvalue weighted by atomic mass is 79.9. The quantitative estimate of drug-likeness (QED) is 0.347. The summed E-state index contributed by atoms with van der Waals surface area (Å²) < 4.78 is 89.1. The Balaban J connectivity index is 1.85. The molecule has 0 aliphatic rings. The number of hydrogen-bond donors (Lipinski definition) is 0. The molecule has 0 bridgehead atoms. The number of halogens is 7. The van der Waals surface area contributed by atoms with Crippen LogP contribution in [0.3, 0.4) is 0 Å². The third-order valence-corrected chi connectivity index (χ3v) is 4.91. The molecule has 166 valence electrons. The third-order valence-electron chi connectivity index (χ3n) is 4.41. The van der Waals surface area contributed by atoms with E-state index in [9.17, 15) is 31.1 Å². The minimum Gasteiger partial charge on any atom is -0.459 e. The van der Waals surface area contributed by atoms with Gasteiger partial charge in [-0.25, -0.2) is 4.79 Å². The lowest BCUT2D eigenvalue weighted by Gasteiger charge is -2.18. The molecule has 0 radical (unpaired) electrons. The Morgan fingerprint density at radius 1 is 1.03 bits per heavy atom. The molecule has 3 aromatic rings. The zero-order chi connectivity index (χ0) is 23.1. The van der Waals surface area contributed by atoms with Gasteiger partial charge in [0.05, 0.1) is 16.8 Å². The summed E-state index contributed by atoms with van der Waals surface area (Å²) in [5.41, 5.74) is -2.56. The van der Waals surface area contributed by atoms with Crippen LogP contribution in [0.15, 0.2) is 45.3 Å². The van der Waals surface area contributed by atoms with E-state index in [0.29, 0.717) is 39.0 Å². The van der Waals surface area contributed by atoms with E-state index in [1.807, 2.05) is 0 Å². The van der Waals surface area contributed by atoms with Crippen molar-refractivity contribution in [2.75, 3.05) is 11.9 Å². The number of carbonyl (C=O) groups is 1. The van der Waals surface area contributed by atoms with Crippen molar-refractivity contribution in [2.45, 2.75) is 25.9 Å². The van der Waals surface area contributed by atoms with Crippen molar-refractivity contribution >= 4 is 38.7 Å². The molecule has 31 heavy (non-hydrogen) atoms. The second-order valence-electron chi connectivity index (χ2n) is 6.68. The van der Waals surface area contributed by atoms with Crippen LogP contribution >= 0.6 is 15.9 Å². The van der Waals surface area contributed by atoms with Gasteiger partial charge in [0.2, 0.25) is 0 Å². The molecule has 0 saturated carbocycles. The van der Waals surface area contributed by atoms with Crippen molar-refractivity contribution in [1.82, 2.24) is 0 Å². The summed E-state index contributed by atoms with van der Waals surface area (Å²) in [6.07, 6.45) is -11.0. The smallest absolute Gasteiger partial charge is 0.416 e. The largest absolute Gasteiger partial charge is 0.459 e. The molecular formula is C20H14BrF6NO3. The first-order chi connectivity index (χ1) is 14.3. The maximum absolute atomic E-state index is 13.0. The van der Waals surface area contributed by atoms with Crippen molar-refractivity contribution in [2.24, 2.45) is 0 Å². The number of fused-ring (bicyclic) bond motifs is 1. The van der Waals surface area contributed by atoms with Crippen LogP contribution in [-0.4, -0.2) is 13.1 Å². The maximum atomic E-state index is 13.0. The van der Waals surface area contributed by atoms with Crippen molar-refractivity contribution in [1.29, 1.82) is 0 Å². The zero-order valence-electron chi connectivity index (χ0n) is 16.0. The predicted molar refractivity (Wildman–Crippen MR) is 104 cm³/mol. The number of benzene rings is 2. The lowest BCUT2D eigenvalue weighted by molar-refractivity contribution is -0.143. The normalized spacial score (nSPS) is 12.3. The van der Waals surface area contributed by atoms with E-state index < -0.39 is 41.7 Å². The van der Waals surface area contributed by atoms with Crippen LogP contribution in [0.5, 0.6) is 0 Å². The molecule has 2 aromatic carbocycles. The van der Waals surface area contributed by atoms with Gasteiger partial charge in [-0.3, -0.25) is 4.90 Å². The van der Waals surface area contributed by atoms with Gasteiger partial charge in [-0.15, -0.1) is 0 Å². The fourth-order valence-electron chi connectivity index (χ4n) is 3.03. The summed E-state index contributed by atoms with van der Waals surface area (Å²) in [6.45, 7) is 0.824. The Hall–Kier alpha value is -2.69. The maximum Gasteiger partial charge on any atom is 0.416 e. The number of rotatable bonds is 3. The number of hydrogen-bond acceptors (Lipinski definition) is 3. The summed E-state index contributed by atoms with van der Waals surface area (Å²) in [6, 6.07) is 6.15. The number of amides is 1. The number of aryl methyl sites for hydroxylation is 1. The highest BCUT2D eigenvalue weighted by Gasteiger charge is 2.37. The second kappa shape index (κ2) is 8.10. The Bertz CT molecular complexity index is 1100. The third kappa shape index (κ3) is 4.97. The molecule has 0 atom stereocenters. The van der Waals surface area contributed by atoms with Crippen LogP contribution < -0.4 is 4.90 Å². The van der Waals surface area contributed by atoms with Crippen LogP contribution in [0.4, 0.5) is 36.8 Å². The van der Waals surface area contributed by atoms with Crippen LogP contribution in [0.2, 0.25) is 0 Å². The predicted octanol–water partition coefficient (Wildman–Crippen LogP) is 7.31. The molecule has 0 N–H and O–H groups in total. The topological polar surface area (TPSA) is 42.7 Å². The van der Waals surface area contributed by atoms with E-state index in [2.05, 4.69) is 15.9 Å². The van der Waals surface area contributed by atoms with Crippen LogP contribution in [0.25, 0.3) is 11.0 Å². The van der Waals surface area contributed by atoms with Crippen LogP contribution in [0.1, 0.15) is 22.5 Å². The van der Waals surface area contributed by atoms with E-state index in [0.717, 1.165) is 4.90 Å². The molecule has 4 nitrogen and oxygen atoms in total. The Kier molecular flexibility index (Phi) is 6.01. The number of alkyl halides is 6. The van der Waals surface area contributed by atoms with Crippen molar-refractivity contribution in [3.63, 3.8) is 0 Å². The summed E-state index contributed by atoms with van der Waals surface area (Å²) in [4.78, 5) is 13.5. The molecule has 11 heteroatoms. The summed E-state index contributed by atoms with van der Waals surface area (Å²) in [7, 11) is 1.35. The Labute approximate surface area is 180 Å². The number of nitrogens with zero attached hydrogens (tertiary/aromatic N) is 1. The summed E-state index contributed by atoms with van der Waals surface area (Å²) >= 11 is 3.31. The Morgan fingerprint density at radius 3 is 2.16 bits per heavy atom. The highest BCUT2D eigenvalue weighted by Crippen LogP contribution is 2.37. The summed E-state index contributed by atoms with van der Waals surface area (Å²) in [5.74, 6) is 0.381. The average molecular weight is 510 g/mol. The van der Waals surface area contributed by atoms with E-state index in [4.69, 9.17) is 9.15 Å². The fourth-order valence-corrected chi connectivity index (χ4v) is 3.39. The molecule has 0 aliphatic heterocycles. The first kappa shape index (κ1) is 23.0. The highest BCUT2D eigenvalue weighted by molar-refractivity contribution is 9.10. The molecule has 0 fully saturated rings. The minimum atomic E-state index is -4.99. The van der Waals surface area contributed by atoms with E-state index in [1.165, 1.54) is 7.05 Å². The number of furan rings is 1. The van der Waals surface area contributed by atoms with E-state index in [-0.39, 0.29) is 6.07 Å². The molecular weight excluding hydrogens is 496 g/mol. The minimum absolute atomic E-state index is 0.0102. The molecule has 1 amide bonds. The van der Waals surface area contributed by atoms with Gasteiger partial charge in [0.1, 0.15) is 18.0 Å². The van der Waals surface area contributed by atoms with Crippen molar-refractivity contribution < 1.29 is 40.3 Å². The zero-order valence-corrected chi connectivity index (χ0v) is 17.6. The SMILES string of the molecule is Cc1oc2ccc(Br)cc2c1N(C)C(=O)OCc1cc(C(F)(F)F)cc(C(F)(F)F)c1. The Morgan fingerprint density at radius 2 is 1.61 bits per heavy atom.